The molecule has 2 rings (SSSR count). The summed E-state index contributed by atoms with van der Waals surface area (Å²) in [6.45, 7) is 8.88. The molecule has 0 amide bonds. The third-order valence-electron chi connectivity index (χ3n) is 2.89. The molecule has 0 radical (unpaired) electrons. The molecule has 2 aromatic rings. The van der Waals surface area contributed by atoms with E-state index in [1.54, 1.807) is 11.3 Å². The van der Waals surface area contributed by atoms with Gasteiger partial charge in [0.15, 0.2) is 0 Å². The molecule has 0 aliphatic heterocycles. The van der Waals surface area contributed by atoms with Crippen molar-refractivity contribution in [3.63, 3.8) is 0 Å². The highest BCUT2D eigenvalue weighted by atomic mass is 32.1. The number of hydrogen-bond acceptors (Lipinski definition) is 4. The van der Waals surface area contributed by atoms with E-state index in [-0.39, 0.29) is 6.04 Å². The second-order valence-electron chi connectivity index (χ2n) is 4.59. The van der Waals surface area contributed by atoms with Crippen LogP contribution < -0.4 is 10.1 Å². The second kappa shape index (κ2) is 6.06. The van der Waals surface area contributed by atoms with E-state index in [9.17, 15) is 0 Å². The minimum absolute atomic E-state index is 0.173. The number of anilines is 1. The lowest BCUT2D eigenvalue weighted by atomic mass is 10.2. The Hall–Kier alpha value is -1.55. The van der Waals surface area contributed by atoms with Crippen LogP contribution in [0.1, 0.15) is 36.2 Å². The molecule has 4 heteroatoms. The smallest absolute Gasteiger partial charge is 0.142 e. The van der Waals surface area contributed by atoms with Crippen molar-refractivity contribution in [1.29, 1.82) is 0 Å². The molecule has 0 bridgehead atoms. The van der Waals surface area contributed by atoms with Gasteiger partial charge in [-0.15, -0.1) is 11.3 Å². The number of ether oxygens (including phenoxy) is 1. The molecule has 1 heterocycles. The van der Waals surface area contributed by atoms with E-state index in [4.69, 9.17) is 4.74 Å². The van der Waals surface area contributed by atoms with Gasteiger partial charge in [0.25, 0.3) is 0 Å². The molecule has 0 saturated carbocycles. The summed E-state index contributed by atoms with van der Waals surface area (Å²) in [5.74, 6) is 0.904. The van der Waals surface area contributed by atoms with Gasteiger partial charge in [0.1, 0.15) is 5.75 Å². The highest BCUT2D eigenvalue weighted by Crippen LogP contribution is 2.29. The van der Waals surface area contributed by atoms with Crippen molar-refractivity contribution >= 4 is 17.0 Å². The molecule has 19 heavy (non-hydrogen) atoms. The number of rotatable bonds is 5. The Morgan fingerprint density at radius 3 is 2.79 bits per heavy atom. The molecule has 0 aliphatic rings. The Kier molecular flexibility index (Phi) is 4.43. The van der Waals surface area contributed by atoms with Crippen LogP contribution >= 0.6 is 11.3 Å². The molecule has 1 atom stereocenters. The predicted molar refractivity (Wildman–Crippen MR) is 81.2 cm³/mol. The molecule has 1 N–H and O–H groups in total. The minimum atomic E-state index is 0.173. The van der Waals surface area contributed by atoms with E-state index in [2.05, 4.69) is 47.7 Å². The summed E-state index contributed by atoms with van der Waals surface area (Å²) in [5.41, 5.74) is 3.29. The van der Waals surface area contributed by atoms with E-state index < -0.39 is 0 Å². The SMILES string of the molecule is CCOc1cc(C)ccc1NC(C)c1csc(C)n1. The quantitative estimate of drug-likeness (QED) is 0.882. The number of aromatic nitrogens is 1. The molecule has 0 spiro atoms. The highest BCUT2D eigenvalue weighted by molar-refractivity contribution is 7.09. The summed E-state index contributed by atoms with van der Waals surface area (Å²) < 4.78 is 5.68. The van der Waals surface area contributed by atoms with Gasteiger partial charge in [-0.1, -0.05) is 6.07 Å². The van der Waals surface area contributed by atoms with E-state index in [1.165, 1.54) is 5.56 Å². The fourth-order valence-electron chi connectivity index (χ4n) is 1.91. The summed E-state index contributed by atoms with van der Waals surface area (Å²) in [6.07, 6.45) is 0. The maximum atomic E-state index is 5.68. The van der Waals surface area contributed by atoms with Gasteiger partial charge in [0.2, 0.25) is 0 Å². The van der Waals surface area contributed by atoms with Crippen molar-refractivity contribution in [3.8, 4) is 5.75 Å². The van der Waals surface area contributed by atoms with Crippen LogP contribution in [0, 0.1) is 13.8 Å². The molecule has 102 valence electrons. The molecule has 3 nitrogen and oxygen atoms in total. The van der Waals surface area contributed by atoms with E-state index in [0.717, 1.165) is 22.1 Å². The number of aryl methyl sites for hydroxylation is 2. The van der Waals surface area contributed by atoms with Gasteiger partial charge in [0, 0.05) is 5.38 Å². The van der Waals surface area contributed by atoms with E-state index in [0.29, 0.717) is 6.61 Å². The topological polar surface area (TPSA) is 34.1 Å². The number of nitrogens with one attached hydrogen (secondary N) is 1. The van der Waals surface area contributed by atoms with Crippen molar-refractivity contribution in [2.45, 2.75) is 33.7 Å². The first-order chi connectivity index (χ1) is 9.10. The van der Waals surface area contributed by atoms with Crippen LogP contribution in [0.15, 0.2) is 23.6 Å². The number of benzene rings is 1. The Labute approximate surface area is 118 Å². The summed E-state index contributed by atoms with van der Waals surface area (Å²) >= 11 is 1.68. The lowest BCUT2D eigenvalue weighted by molar-refractivity contribution is 0.341. The van der Waals surface area contributed by atoms with Crippen LogP contribution in [0.25, 0.3) is 0 Å². The first-order valence-electron chi connectivity index (χ1n) is 6.52. The van der Waals surface area contributed by atoms with Gasteiger partial charge in [-0.2, -0.15) is 0 Å². The molecule has 0 fully saturated rings. The number of hydrogen-bond donors (Lipinski definition) is 1. The van der Waals surface area contributed by atoms with E-state index >= 15 is 0 Å². The first kappa shape index (κ1) is 13.9. The third kappa shape index (κ3) is 3.47. The Bertz CT molecular complexity index is 551. The maximum Gasteiger partial charge on any atom is 0.142 e. The number of thiazole rings is 1. The van der Waals surface area contributed by atoms with Crippen molar-refractivity contribution in [2.75, 3.05) is 11.9 Å². The van der Waals surface area contributed by atoms with E-state index in [1.807, 2.05) is 13.8 Å². The third-order valence-corrected chi connectivity index (χ3v) is 3.68. The van der Waals surface area contributed by atoms with Gasteiger partial charge < -0.3 is 10.1 Å². The normalized spacial score (nSPS) is 12.2. The average molecular weight is 276 g/mol. The Morgan fingerprint density at radius 2 is 2.16 bits per heavy atom. The van der Waals surface area contributed by atoms with Crippen LogP contribution in [0.4, 0.5) is 5.69 Å². The van der Waals surface area contributed by atoms with Crippen molar-refractivity contribution < 1.29 is 4.74 Å². The lowest BCUT2D eigenvalue weighted by Gasteiger charge is -2.17. The zero-order valence-corrected chi connectivity index (χ0v) is 12.7. The van der Waals surface area contributed by atoms with Gasteiger partial charge in [-0.3, -0.25) is 0 Å². The Morgan fingerprint density at radius 1 is 1.37 bits per heavy atom. The van der Waals surface area contributed by atoms with Crippen LogP contribution in [-0.4, -0.2) is 11.6 Å². The van der Waals surface area contributed by atoms with Crippen LogP contribution in [0.2, 0.25) is 0 Å². The fraction of sp³-hybridized carbons (Fsp3) is 0.400. The average Bonchev–Trinajstić information content (AvgIpc) is 2.80. The van der Waals surface area contributed by atoms with Gasteiger partial charge in [-0.05, 0) is 45.4 Å². The summed E-state index contributed by atoms with van der Waals surface area (Å²) in [6, 6.07) is 6.39. The minimum Gasteiger partial charge on any atom is -0.492 e. The van der Waals surface area contributed by atoms with Crippen LogP contribution in [-0.2, 0) is 0 Å². The molecular weight excluding hydrogens is 256 g/mol. The number of nitrogens with zero attached hydrogens (tertiary/aromatic N) is 1. The van der Waals surface area contributed by atoms with Gasteiger partial charge in [-0.25, -0.2) is 4.98 Å². The second-order valence-corrected chi connectivity index (χ2v) is 5.65. The monoisotopic (exact) mass is 276 g/mol. The molecule has 1 aromatic heterocycles. The standard InChI is InChI=1S/C15H20N2OS/c1-5-18-15-8-10(2)6-7-13(15)16-11(3)14-9-19-12(4)17-14/h6-9,11,16H,5H2,1-4H3. The molecule has 0 aliphatic carbocycles. The van der Waals surface area contributed by atoms with Crippen LogP contribution in [0.3, 0.4) is 0 Å². The van der Waals surface area contributed by atoms with Crippen molar-refractivity contribution in [2.24, 2.45) is 0 Å². The largest absolute Gasteiger partial charge is 0.492 e. The Balaban J connectivity index is 2.18. The lowest BCUT2D eigenvalue weighted by Crippen LogP contribution is -2.08. The molecule has 1 aromatic carbocycles. The fourth-order valence-corrected chi connectivity index (χ4v) is 2.62. The van der Waals surface area contributed by atoms with Crippen molar-refractivity contribution in [1.82, 2.24) is 4.98 Å². The van der Waals surface area contributed by atoms with Crippen molar-refractivity contribution in [3.05, 3.63) is 39.8 Å². The maximum absolute atomic E-state index is 5.68. The summed E-state index contributed by atoms with van der Waals surface area (Å²) in [7, 11) is 0. The molecular formula is C15H20N2OS. The zero-order valence-electron chi connectivity index (χ0n) is 11.9. The van der Waals surface area contributed by atoms with Crippen LogP contribution in [0.5, 0.6) is 5.75 Å². The molecule has 0 saturated heterocycles. The first-order valence-corrected chi connectivity index (χ1v) is 7.40. The van der Waals surface area contributed by atoms with Gasteiger partial charge in [0.05, 0.1) is 29.0 Å². The molecule has 1 unspecified atom stereocenters. The van der Waals surface area contributed by atoms with Gasteiger partial charge >= 0.3 is 0 Å². The summed E-state index contributed by atoms with van der Waals surface area (Å²) in [4.78, 5) is 4.52. The summed E-state index contributed by atoms with van der Waals surface area (Å²) in [5, 5.41) is 6.67. The zero-order chi connectivity index (χ0) is 13.8. The predicted octanol–water partition coefficient (Wildman–Crippen LogP) is 4.33. The highest BCUT2D eigenvalue weighted by Gasteiger charge is 2.11.